The summed E-state index contributed by atoms with van der Waals surface area (Å²) in [5.74, 6) is 1.81. The molecule has 0 radical (unpaired) electrons. The Balaban J connectivity index is 2.02. The average molecular weight is 235 g/mol. The van der Waals surface area contributed by atoms with E-state index in [-0.39, 0.29) is 5.41 Å². The van der Waals surface area contributed by atoms with Gasteiger partial charge in [0, 0.05) is 25.6 Å². The van der Waals surface area contributed by atoms with Crippen LogP contribution in [0.1, 0.15) is 20.3 Å². The lowest BCUT2D eigenvalue weighted by molar-refractivity contribution is -0.0795. The van der Waals surface area contributed by atoms with Crippen molar-refractivity contribution in [3.63, 3.8) is 0 Å². The third-order valence-corrected chi connectivity index (χ3v) is 3.79. The van der Waals surface area contributed by atoms with Gasteiger partial charge >= 0.3 is 0 Å². The molecule has 2 atom stereocenters. The van der Waals surface area contributed by atoms with Crippen LogP contribution >= 0.6 is 0 Å². The predicted octanol–water partition coefficient (Wildman–Crippen LogP) is 2.35. The zero-order chi connectivity index (χ0) is 12.5. The van der Waals surface area contributed by atoms with Crippen molar-refractivity contribution in [1.29, 1.82) is 0 Å². The SMILES string of the molecule is CNc1cccc(NC2CC(OC)C2(C)C)n1. The number of ether oxygens (including phenoxy) is 1. The quantitative estimate of drug-likeness (QED) is 0.841. The van der Waals surface area contributed by atoms with E-state index in [1.807, 2.05) is 25.2 Å². The first-order chi connectivity index (χ1) is 8.07. The fraction of sp³-hybridized carbons (Fsp3) is 0.615. The van der Waals surface area contributed by atoms with Crippen LogP contribution in [0.4, 0.5) is 11.6 Å². The van der Waals surface area contributed by atoms with Crippen molar-refractivity contribution in [1.82, 2.24) is 4.98 Å². The number of pyridine rings is 1. The van der Waals surface area contributed by atoms with E-state index in [9.17, 15) is 0 Å². The van der Waals surface area contributed by atoms with E-state index < -0.39 is 0 Å². The lowest BCUT2D eigenvalue weighted by atomic mass is 9.64. The van der Waals surface area contributed by atoms with E-state index in [0.29, 0.717) is 12.1 Å². The van der Waals surface area contributed by atoms with Crippen LogP contribution < -0.4 is 10.6 Å². The van der Waals surface area contributed by atoms with Gasteiger partial charge in [-0.1, -0.05) is 19.9 Å². The van der Waals surface area contributed by atoms with Gasteiger partial charge in [-0.25, -0.2) is 4.98 Å². The molecule has 2 rings (SSSR count). The molecule has 1 aromatic heterocycles. The van der Waals surface area contributed by atoms with Gasteiger partial charge in [0.2, 0.25) is 0 Å². The van der Waals surface area contributed by atoms with Crippen molar-refractivity contribution in [2.24, 2.45) is 5.41 Å². The van der Waals surface area contributed by atoms with Gasteiger partial charge in [-0.3, -0.25) is 0 Å². The van der Waals surface area contributed by atoms with Crippen molar-refractivity contribution in [3.05, 3.63) is 18.2 Å². The summed E-state index contributed by atoms with van der Waals surface area (Å²) < 4.78 is 5.44. The molecule has 1 aromatic rings. The van der Waals surface area contributed by atoms with Gasteiger partial charge in [-0.15, -0.1) is 0 Å². The molecule has 4 nitrogen and oxygen atoms in total. The molecule has 0 spiro atoms. The molecule has 2 N–H and O–H groups in total. The first kappa shape index (κ1) is 12.2. The molecule has 1 heterocycles. The Hall–Kier alpha value is -1.29. The Morgan fingerprint density at radius 3 is 2.65 bits per heavy atom. The van der Waals surface area contributed by atoms with Crippen molar-refractivity contribution in [3.8, 4) is 0 Å². The van der Waals surface area contributed by atoms with Crippen LogP contribution in [-0.4, -0.2) is 31.3 Å². The third-order valence-electron chi connectivity index (χ3n) is 3.79. The number of hydrogen-bond donors (Lipinski definition) is 2. The minimum Gasteiger partial charge on any atom is -0.381 e. The molecule has 17 heavy (non-hydrogen) atoms. The second kappa shape index (κ2) is 4.53. The van der Waals surface area contributed by atoms with Crippen molar-refractivity contribution < 1.29 is 4.74 Å². The molecule has 0 aromatic carbocycles. The molecule has 2 unspecified atom stereocenters. The number of nitrogens with zero attached hydrogens (tertiary/aromatic N) is 1. The zero-order valence-electron chi connectivity index (χ0n) is 10.9. The molecule has 1 aliphatic rings. The summed E-state index contributed by atoms with van der Waals surface area (Å²) >= 11 is 0. The second-order valence-electron chi connectivity index (χ2n) is 5.14. The molecule has 0 saturated heterocycles. The maximum Gasteiger partial charge on any atom is 0.128 e. The Kier molecular flexibility index (Phi) is 3.24. The van der Waals surface area contributed by atoms with E-state index in [0.717, 1.165) is 18.1 Å². The van der Waals surface area contributed by atoms with Crippen LogP contribution in [0, 0.1) is 5.41 Å². The van der Waals surface area contributed by atoms with Gasteiger partial charge < -0.3 is 15.4 Å². The Labute approximate surface area is 103 Å². The first-order valence-electron chi connectivity index (χ1n) is 6.02. The predicted molar refractivity (Wildman–Crippen MR) is 70.4 cm³/mol. The summed E-state index contributed by atoms with van der Waals surface area (Å²) in [5.41, 5.74) is 0.159. The lowest BCUT2D eigenvalue weighted by Crippen LogP contribution is -2.57. The summed E-state index contributed by atoms with van der Waals surface area (Å²) in [6, 6.07) is 6.37. The number of hydrogen-bond acceptors (Lipinski definition) is 4. The number of rotatable bonds is 4. The van der Waals surface area contributed by atoms with Crippen molar-refractivity contribution in [2.75, 3.05) is 24.8 Å². The van der Waals surface area contributed by atoms with E-state index >= 15 is 0 Å². The van der Waals surface area contributed by atoms with Gasteiger partial charge in [-0.05, 0) is 18.6 Å². The van der Waals surface area contributed by atoms with Gasteiger partial charge in [0.15, 0.2) is 0 Å². The van der Waals surface area contributed by atoms with Crippen molar-refractivity contribution in [2.45, 2.75) is 32.4 Å². The Morgan fingerprint density at radius 1 is 1.35 bits per heavy atom. The van der Waals surface area contributed by atoms with Gasteiger partial charge in [0.25, 0.3) is 0 Å². The van der Waals surface area contributed by atoms with E-state index in [1.54, 1.807) is 7.11 Å². The molecule has 1 aliphatic carbocycles. The van der Waals surface area contributed by atoms with Crippen LogP contribution in [0.2, 0.25) is 0 Å². The molecule has 4 heteroatoms. The van der Waals surface area contributed by atoms with E-state index in [1.165, 1.54) is 0 Å². The summed E-state index contributed by atoms with van der Waals surface area (Å²) in [4.78, 5) is 4.47. The fourth-order valence-electron chi connectivity index (χ4n) is 2.36. The molecule has 1 fully saturated rings. The summed E-state index contributed by atoms with van der Waals surface area (Å²) in [6.45, 7) is 4.45. The number of anilines is 2. The minimum absolute atomic E-state index is 0.159. The normalized spacial score (nSPS) is 26.1. The highest BCUT2D eigenvalue weighted by Gasteiger charge is 2.48. The molecule has 0 amide bonds. The summed E-state index contributed by atoms with van der Waals surface area (Å²) in [5, 5.41) is 6.52. The molecule has 1 saturated carbocycles. The number of nitrogens with one attached hydrogen (secondary N) is 2. The highest BCUT2D eigenvalue weighted by atomic mass is 16.5. The van der Waals surface area contributed by atoms with Crippen LogP contribution in [0.3, 0.4) is 0 Å². The van der Waals surface area contributed by atoms with Gasteiger partial charge in [0.05, 0.1) is 6.10 Å². The fourth-order valence-corrected chi connectivity index (χ4v) is 2.36. The zero-order valence-corrected chi connectivity index (χ0v) is 10.9. The Morgan fingerprint density at radius 2 is 2.06 bits per heavy atom. The average Bonchev–Trinajstić information content (AvgIpc) is 2.34. The Bertz CT molecular complexity index is 392. The lowest BCUT2D eigenvalue weighted by Gasteiger charge is -2.51. The topological polar surface area (TPSA) is 46.2 Å². The molecular formula is C13H21N3O. The maximum absolute atomic E-state index is 5.44. The van der Waals surface area contributed by atoms with E-state index in [2.05, 4.69) is 29.5 Å². The first-order valence-corrected chi connectivity index (χ1v) is 6.02. The van der Waals surface area contributed by atoms with Crippen LogP contribution in [0.25, 0.3) is 0 Å². The van der Waals surface area contributed by atoms with Crippen LogP contribution in [0.5, 0.6) is 0 Å². The highest BCUT2D eigenvalue weighted by Crippen LogP contribution is 2.43. The molecule has 0 aliphatic heterocycles. The van der Waals surface area contributed by atoms with Crippen LogP contribution in [-0.2, 0) is 4.74 Å². The summed E-state index contributed by atoms with van der Waals surface area (Å²) in [6.07, 6.45) is 1.38. The van der Waals surface area contributed by atoms with Gasteiger partial charge in [0.1, 0.15) is 11.6 Å². The van der Waals surface area contributed by atoms with Gasteiger partial charge in [-0.2, -0.15) is 0 Å². The minimum atomic E-state index is 0.159. The van der Waals surface area contributed by atoms with Crippen molar-refractivity contribution >= 4 is 11.6 Å². The second-order valence-corrected chi connectivity index (χ2v) is 5.14. The van der Waals surface area contributed by atoms with Crippen LogP contribution in [0.15, 0.2) is 18.2 Å². The standard InChI is InChI=1S/C13H21N3O/c1-13(2)9(8-10(13)17-4)15-12-7-5-6-11(14-3)16-12/h5-7,9-10H,8H2,1-4H3,(H2,14,15,16). The van der Waals surface area contributed by atoms with E-state index in [4.69, 9.17) is 4.74 Å². The third kappa shape index (κ3) is 2.22. The largest absolute Gasteiger partial charge is 0.381 e. The monoisotopic (exact) mass is 235 g/mol. The number of methoxy groups -OCH3 is 1. The maximum atomic E-state index is 5.44. The molecule has 0 bridgehead atoms. The number of aromatic nitrogens is 1. The summed E-state index contributed by atoms with van der Waals surface area (Å²) in [7, 11) is 3.66. The molecular weight excluding hydrogens is 214 g/mol. The molecule has 94 valence electrons. The smallest absolute Gasteiger partial charge is 0.128 e. The highest BCUT2D eigenvalue weighted by molar-refractivity contribution is 5.46.